The van der Waals surface area contributed by atoms with Crippen molar-refractivity contribution in [1.29, 1.82) is 0 Å². The minimum Gasteiger partial charge on any atom is -0.480 e. The second-order valence-corrected chi connectivity index (χ2v) is 8.39. The van der Waals surface area contributed by atoms with Crippen LogP contribution in [0.1, 0.15) is 44.2 Å². The number of nitrogens with one attached hydrogen (secondary N) is 1. The fraction of sp³-hybridized carbons (Fsp3) is 0.375. The maximum absolute atomic E-state index is 12.4. The monoisotopic (exact) mass is 424 g/mol. The van der Waals surface area contributed by atoms with Gasteiger partial charge in [-0.2, -0.15) is 0 Å². The molecule has 7 nitrogen and oxygen atoms in total. The highest BCUT2D eigenvalue weighted by Crippen LogP contribution is 2.44. The van der Waals surface area contributed by atoms with Crippen LogP contribution in [0, 0.1) is 0 Å². The summed E-state index contributed by atoms with van der Waals surface area (Å²) in [4.78, 5) is 37.2. The molecule has 2 aromatic rings. The molecular weight excluding hydrogens is 396 g/mol. The summed E-state index contributed by atoms with van der Waals surface area (Å²) in [6.45, 7) is 4.78. The minimum absolute atomic E-state index is 0.0304. The molecule has 0 spiro atoms. The minimum atomic E-state index is -1.33. The zero-order chi connectivity index (χ0) is 22.8. The molecule has 31 heavy (non-hydrogen) atoms. The zero-order valence-electron chi connectivity index (χ0n) is 18.2. The Bertz CT molecular complexity index is 955. The first-order chi connectivity index (χ1) is 14.6. The van der Waals surface area contributed by atoms with E-state index in [1.165, 1.54) is 25.8 Å². The maximum atomic E-state index is 12.4. The molecule has 1 atom stereocenters. The molecule has 0 saturated carbocycles. The van der Waals surface area contributed by atoms with Crippen LogP contribution in [0.3, 0.4) is 0 Å². The van der Waals surface area contributed by atoms with Gasteiger partial charge >= 0.3 is 12.1 Å². The Morgan fingerprint density at radius 2 is 1.58 bits per heavy atom. The van der Waals surface area contributed by atoms with Crippen LogP contribution >= 0.6 is 0 Å². The number of carboxylic acid groups (broad SMARTS) is 1. The molecule has 1 unspecified atom stereocenters. The number of hydrogen-bond donors (Lipinski definition) is 2. The Morgan fingerprint density at radius 3 is 2.10 bits per heavy atom. The second-order valence-electron chi connectivity index (χ2n) is 8.39. The summed E-state index contributed by atoms with van der Waals surface area (Å²) in [5.41, 5.74) is 3.21. The number of carboxylic acids is 1. The molecule has 1 aliphatic rings. The van der Waals surface area contributed by atoms with Crippen LogP contribution in [0.25, 0.3) is 11.1 Å². The first-order valence-corrected chi connectivity index (χ1v) is 10.2. The molecule has 164 valence electrons. The number of amides is 2. The fourth-order valence-electron chi connectivity index (χ4n) is 3.75. The van der Waals surface area contributed by atoms with Gasteiger partial charge in [-0.25, -0.2) is 9.59 Å². The lowest BCUT2D eigenvalue weighted by atomic mass is 9.98. The Balaban J connectivity index is 1.57. The highest BCUT2D eigenvalue weighted by atomic mass is 16.5. The normalized spacial score (nSPS) is 13.7. The van der Waals surface area contributed by atoms with Gasteiger partial charge in [0.05, 0.1) is 0 Å². The average molecular weight is 424 g/mol. The van der Waals surface area contributed by atoms with E-state index in [4.69, 9.17) is 4.74 Å². The molecule has 0 heterocycles. The molecule has 0 bridgehead atoms. The number of rotatable bonds is 7. The van der Waals surface area contributed by atoms with Crippen LogP contribution in [0.4, 0.5) is 4.79 Å². The lowest BCUT2D eigenvalue weighted by molar-refractivity contribution is -0.155. The third-order valence-electron chi connectivity index (χ3n) is 5.92. The Morgan fingerprint density at radius 1 is 1.06 bits per heavy atom. The molecule has 2 amide bonds. The number of hydrogen-bond acceptors (Lipinski definition) is 4. The summed E-state index contributed by atoms with van der Waals surface area (Å²) in [7, 11) is 1.44. The van der Waals surface area contributed by atoms with Gasteiger partial charge < -0.3 is 20.1 Å². The van der Waals surface area contributed by atoms with Crippen LogP contribution in [0.15, 0.2) is 48.5 Å². The number of benzene rings is 2. The Kier molecular flexibility index (Phi) is 6.34. The predicted octanol–water partition coefficient (Wildman–Crippen LogP) is 3.63. The van der Waals surface area contributed by atoms with Gasteiger partial charge in [-0.05, 0) is 43.0 Å². The molecular formula is C24H28N2O5. The third kappa shape index (κ3) is 4.55. The van der Waals surface area contributed by atoms with Crippen LogP contribution in [-0.2, 0) is 14.3 Å². The van der Waals surface area contributed by atoms with E-state index in [0.717, 1.165) is 22.3 Å². The van der Waals surface area contributed by atoms with Gasteiger partial charge in [0.2, 0.25) is 5.91 Å². The van der Waals surface area contributed by atoms with Crippen molar-refractivity contribution in [2.45, 2.75) is 44.7 Å². The molecule has 0 fully saturated rings. The Hall–Kier alpha value is -3.35. The van der Waals surface area contributed by atoms with Gasteiger partial charge in [0.25, 0.3) is 0 Å². The van der Waals surface area contributed by atoms with Gasteiger partial charge in [0, 0.05) is 25.4 Å². The van der Waals surface area contributed by atoms with Crippen molar-refractivity contribution in [3.63, 3.8) is 0 Å². The molecule has 0 saturated heterocycles. The van der Waals surface area contributed by atoms with Crippen molar-refractivity contribution in [2.24, 2.45) is 0 Å². The Labute approximate surface area is 182 Å². The van der Waals surface area contributed by atoms with E-state index < -0.39 is 23.6 Å². The van der Waals surface area contributed by atoms with Crippen molar-refractivity contribution in [3.8, 4) is 11.1 Å². The number of carbonyl (C=O) groups is 3. The largest absolute Gasteiger partial charge is 0.480 e. The van der Waals surface area contributed by atoms with E-state index in [2.05, 4.69) is 17.4 Å². The van der Waals surface area contributed by atoms with Gasteiger partial charge in [0.1, 0.15) is 12.1 Å². The number of nitrogens with zero attached hydrogens (tertiary/aromatic N) is 1. The van der Waals surface area contributed by atoms with Crippen molar-refractivity contribution < 1.29 is 24.2 Å². The number of carbonyl (C=O) groups excluding carboxylic acids is 2. The summed E-state index contributed by atoms with van der Waals surface area (Å²) < 4.78 is 5.49. The highest BCUT2D eigenvalue weighted by molar-refractivity contribution is 5.86. The van der Waals surface area contributed by atoms with Gasteiger partial charge in [-0.1, -0.05) is 48.5 Å². The van der Waals surface area contributed by atoms with Gasteiger partial charge in [-0.3, -0.25) is 4.79 Å². The second kappa shape index (κ2) is 8.79. The van der Waals surface area contributed by atoms with Crippen LogP contribution in [-0.4, -0.2) is 53.2 Å². The zero-order valence-corrected chi connectivity index (χ0v) is 18.2. The van der Waals surface area contributed by atoms with Crippen molar-refractivity contribution in [1.82, 2.24) is 10.2 Å². The molecule has 2 N–H and O–H groups in total. The van der Waals surface area contributed by atoms with Crippen LogP contribution in [0.5, 0.6) is 0 Å². The number of likely N-dealkylation sites (N-methyl/N-ethyl adjacent to an activating group) is 1. The summed E-state index contributed by atoms with van der Waals surface area (Å²) >= 11 is 0. The predicted molar refractivity (Wildman–Crippen MR) is 117 cm³/mol. The van der Waals surface area contributed by atoms with Gasteiger partial charge in [-0.15, -0.1) is 0 Å². The number of ether oxygens (including phenoxy) is 1. The van der Waals surface area contributed by atoms with Crippen molar-refractivity contribution in [2.75, 3.05) is 13.7 Å². The smallest absolute Gasteiger partial charge is 0.407 e. The first-order valence-electron chi connectivity index (χ1n) is 10.2. The van der Waals surface area contributed by atoms with E-state index in [-0.39, 0.29) is 24.9 Å². The van der Waals surface area contributed by atoms with Gasteiger partial charge in [0.15, 0.2) is 0 Å². The summed E-state index contributed by atoms with van der Waals surface area (Å²) in [6, 6.07) is 15.6. The molecule has 3 rings (SSSR count). The van der Waals surface area contributed by atoms with E-state index in [1.807, 2.05) is 36.4 Å². The van der Waals surface area contributed by atoms with E-state index in [9.17, 15) is 19.5 Å². The van der Waals surface area contributed by atoms with E-state index in [0.29, 0.717) is 0 Å². The molecule has 1 aliphatic carbocycles. The number of alkyl carbamates (subject to hydrolysis) is 1. The summed E-state index contributed by atoms with van der Waals surface area (Å²) in [6.07, 6.45) is -0.639. The average Bonchev–Trinajstić information content (AvgIpc) is 3.05. The third-order valence-corrected chi connectivity index (χ3v) is 5.92. The van der Waals surface area contributed by atoms with E-state index in [1.54, 1.807) is 6.92 Å². The van der Waals surface area contributed by atoms with Crippen molar-refractivity contribution in [3.05, 3.63) is 59.7 Å². The summed E-state index contributed by atoms with van der Waals surface area (Å²) in [5.74, 6) is -1.52. The topological polar surface area (TPSA) is 95.9 Å². The van der Waals surface area contributed by atoms with Crippen molar-refractivity contribution >= 4 is 18.0 Å². The lowest BCUT2D eigenvalue weighted by Gasteiger charge is -2.32. The van der Waals surface area contributed by atoms with Crippen LogP contribution < -0.4 is 5.32 Å². The molecule has 0 aliphatic heterocycles. The number of aliphatic carboxylic acids is 1. The van der Waals surface area contributed by atoms with Crippen LogP contribution in [0.2, 0.25) is 0 Å². The molecule has 0 radical (unpaired) electrons. The fourth-order valence-corrected chi connectivity index (χ4v) is 3.75. The molecule has 0 aromatic heterocycles. The standard InChI is InChI=1S/C24H28N2O5/c1-15(13-21(27)26(4)24(2,3)22(28)29)25-23(30)31-14-20-18-11-7-5-9-16(18)17-10-6-8-12-19(17)20/h5-12,15,20H,13-14H2,1-4H3,(H,25,30)(H,28,29). The SMILES string of the molecule is CC(CC(=O)N(C)C(C)(C)C(=O)O)NC(=O)OCC1c2ccccc2-c2ccccc21. The highest BCUT2D eigenvalue weighted by Gasteiger charge is 2.35. The first kappa shape index (κ1) is 22.3. The lowest BCUT2D eigenvalue weighted by Crippen LogP contribution is -2.52. The summed E-state index contributed by atoms with van der Waals surface area (Å²) in [5, 5.41) is 11.9. The van der Waals surface area contributed by atoms with E-state index >= 15 is 0 Å². The molecule has 2 aromatic carbocycles. The quantitative estimate of drug-likeness (QED) is 0.708. The molecule has 7 heteroatoms. The maximum Gasteiger partial charge on any atom is 0.407 e. The number of fused-ring (bicyclic) bond motifs is 3.